The van der Waals surface area contributed by atoms with Crippen LogP contribution in [0.3, 0.4) is 0 Å². The van der Waals surface area contributed by atoms with Crippen molar-refractivity contribution in [2.45, 2.75) is 51.5 Å². The Labute approximate surface area is 222 Å². The molecule has 0 spiro atoms. The van der Waals surface area contributed by atoms with Crippen LogP contribution in [0.4, 0.5) is 5.82 Å². The van der Waals surface area contributed by atoms with Crippen molar-refractivity contribution in [1.82, 2.24) is 14.9 Å². The zero-order valence-corrected chi connectivity index (χ0v) is 25.2. The minimum absolute atomic E-state index is 0. The van der Waals surface area contributed by atoms with Gasteiger partial charge in [-0.2, -0.15) is 18.9 Å². The second kappa shape index (κ2) is 16.4. The van der Waals surface area contributed by atoms with E-state index in [1.165, 1.54) is 11.8 Å². The zero-order chi connectivity index (χ0) is 21.8. The summed E-state index contributed by atoms with van der Waals surface area (Å²) in [6.07, 6.45) is 7.50. The number of nitrogens with one attached hydrogen (secondary N) is 2. The van der Waals surface area contributed by atoms with Crippen molar-refractivity contribution < 1.29 is 35.9 Å². The molecule has 0 aromatic carbocycles. The van der Waals surface area contributed by atoms with Gasteiger partial charge in [-0.1, -0.05) is 40.0 Å². The van der Waals surface area contributed by atoms with Gasteiger partial charge in [0.1, 0.15) is 5.82 Å². The van der Waals surface area contributed by atoms with Gasteiger partial charge in [0.15, 0.2) is 5.16 Å². The number of nitrogens with zero attached hydrogens (tertiary/aromatic N) is 3. The molecule has 0 saturated carbocycles. The van der Waals surface area contributed by atoms with Crippen LogP contribution in [0.25, 0.3) is 0 Å². The second-order valence-corrected chi connectivity index (χ2v) is 8.71. The van der Waals surface area contributed by atoms with Crippen molar-refractivity contribution in [2.75, 3.05) is 18.9 Å². The van der Waals surface area contributed by atoms with Crippen LogP contribution < -0.4 is 16.4 Å². The van der Waals surface area contributed by atoms with Crippen LogP contribution in [0.2, 0.25) is 0 Å². The molecule has 10 heteroatoms. The Balaban J connectivity index is 0.00000841. The van der Waals surface area contributed by atoms with Crippen molar-refractivity contribution in [2.24, 2.45) is 10.7 Å². The summed E-state index contributed by atoms with van der Waals surface area (Å²) >= 11 is 3.71. The maximum atomic E-state index is 5.95. The molecule has 0 unspecified atom stereocenters. The van der Waals surface area contributed by atoms with Gasteiger partial charge in [-0.3, -0.25) is 4.99 Å². The number of hydrogen-bond donors (Lipinski definition) is 3. The van der Waals surface area contributed by atoms with Gasteiger partial charge in [0.2, 0.25) is 0 Å². The van der Waals surface area contributed by atoms with Crippen molar-refractivity contribution in [3.05, 3.63) is 45.8 Å². The van der Waals surface area contributed by atoms with Crippen LogP contribution >= 0.6 is 34.4 Å². The Hall–Kier alpha value is -0.248. The summed E-state index contributed by atoms with van der Waals surface area (Å²) in [5.41, 5.74) is 6.74. The smallest absolute Gasteiger partial charge is 0.682 e. The molecule has 1 rings (SSSR count). The zero-order valence-electron chi connectivity index (χ0n) is 18.1. The summed E-state index contributed by atoms with van der Waals surface area (Å²) in [4.78, 5) is 9.71. The summed E-state index contributed by atoms with van der Waals surface area (Å²) < 4.78 is 7.94. The molecule has 0 aliphatic rings. The normalized spacial score (nSPS) is 12.4. The molecular weight excluding hydrogens is 737 g/mol. The van der Waals surface area contributed by atoms with E-state index in [0.29, 0.717) is 18.3 Å². The van der Waals surface area contributed by atoms with E-state index in [9.17, 15) is 0 Å². The maximum absolute atomic E-state index is 5.95. The fourth-order valence-electron chi connectivity index (χ4n) is 2.29. The third kappa shape index (κ3) is 10.4. The van der Waals surface area contributed by atoms with Gasteiger partial charge < -0.3 is 25.7 Å². The summed E-state index contributed by atoms with van der Waals surface area (Å²) in [5.74, 6) is 1.45. The van der Waals surface area contributed by atoms with Gasteiger partial charge in [0.05, 0.1) is 12.0 Å². The van der Waals surface area contributed by atoms with Crippen molar-refractivity contribution in [3.8, 4) is 0 Å². The third-order valence-electron chi connectivity index (χ3n) is 3.73. The molecule has 4 N–H and O–H groups in total. The standard InChI is InChI=1S/C20H31IN6OS.U/c1-14(2)24-10-7-11-27-19(25-13-23-5)17(12-22)26-20(27)29-18(16(4)21)9-8-15(3)28-6;/h9,13-14,24H,4,6-7,10-12,22H2,1-3,5H3,(H,23,25);/q-2;+2/b18-9+;. The molecule has 0 radical (unpaired) electrons. The molecule has 164 valence electrons. The Morgan fingerprint density at radius 3 is 2.77 bits per heavy atom. The number of allylic oxidation sites excluding steroid dienone is 4. The van der Waals surface area contributed by atoms with E-state index in [2.05, 4.69) is 76.4 Å². The molecule has 30 heavy (non-hydrogen) atoms. The first kappa shape index (κ1) is 29.8. The van der Waals surface area contributed by atoms with Crippen LogP contribution in [-0.4, -0.2) is 35.5 Å². The molecule has 0 atom stereocenters. The average molecular weight is 769 g/mol. The van der Waals surface area contributed by atoms with Crippen LogP contribution in [-0.2, 0) is 17.8 Å². The molecule has 7 nitrogen and oxygen atoms in total. The minimum atomic E-state index is 0. The number of rotatable bonds is 13. The fraction of sp³-hybridized carbons (Fsp3) is 0.450. The van der Waals surface area contributed by atoms with Crippen LogP contribution in [0.1, 0.15) is 32.9 Å². The van der Waals surface area contributed by atoms with Crippen molar-refractivity contribution >= 4 is 46.5 Å². The first-order valence-electron chi connectivity index (χ1n) is 9.28. The topological polar surface area (TPSA) is 89.5 Å². The van der Waals surface area contributed by atoms with Gasteiger partial charge in [-0.05, 0) is 25.6 Å². The molecule has 0 fully saturated rings. The molecule has 0 amide bonds. The monoisotopic (exact) mass is 768 g/mol. The Morgan fingerprint density at radius 2 is 2.23 bits per heavy atom. The molecule has 0 aliphatic heterocycles. The van der Waals surface area contributed by atoms with E-state index in [4.69, 9.17) is 15.5 Å². The van der Waals surface area contributed by atoms with E-state index in [-0.39, 0.29) is 31.1 Å². The number of hydrogen-bond acceptors (Lipinski definition) is 6. The van der Waals surface area contributed by atoms with Gasteiger partial charge in [-0.25, -0.2) is 17.1 Å². The van der Waals surface area contributed by atoms with Gasteiger partial charge >= 0.3 is 31.1 Å². The van der Waals surface area contributed by atoms with E-state index in [0.717, 1.165) is 44.7 Å². The van der Waals surface area contributed by atoms with Crippen molar-refractivity contribution in [1.29, 1.82) is 0 Å². The third-order valence-corrected chi connectivity index (χ3v) is 5.76. The van der Waals surface area contributed by atoms with Crippen LogP contribution in [0, 0.1) is 44.3 Å². The van der Waals surface area contributed by atoms with Crippen molar-refractivity contribution in [3.63, 3.8) is 0 Å². The largest absolute Gasteiger partial charge is 2.00 e. The number of thioether (sulfide) groups is 1. The second-order valence-electron chi connectivity index (χ2n) is 6.40. The summed E-state index contributed by atoms with van der Waals surface area (Å²) in [5, 5.41) is 7.50. The first-order valence-corrected chi connectivity index (χ1v) is 11.2. The van der Waals surface area contributed by atoms with E-state index >= 15 is 0 Å². The number of nitrogens with two attached hydrogens (primary N) is 1. The summed E-state index contributed by atoms with van der Waals surface area (Å²) in [7, 11) is 5.11. The van der Waals surface area contributed by atoms with E-state index in [1.807, 2.05) is 6.08 Å². The summed E-state index contributed by atoms with van der Waals surface area (Å²) in [6, 6.07) is 0.453. The molecular formula is C20H31IN6OSU. The number of anilines is 1. The number of halogens is 1. The Morgan fingerprint density at radius 1 is 1.53 bits per heavy atom. The van der Waals surface area contributed by atoms with Gasteiger partial charge in [0, 0.05) is 26.2 Å². The predicted molar refractivity (Wildman–Crippen MR) is 132 cm³/mol. The Kier molecular flexibility index (Phi) is 16.3. The summed E-state index contributed by atoms with van der Waals surface area (Å²) in [6.45, 7) is 12.2. The number of aromatic nitrogens is 2. The molecule has 1 aromatic heterocycles. The molecule has 1 heterocycles. The van der Waals surface area contributed by atoms with Gasteiger partial charge in [-0.15, -0.1) is 11.5 Å². The Bertz CT molecular complexity index is 761. The van der Waals surface area contributed by atoms with E-state index in [1.54, 1.807) is 20.3 Å². The maximum Gasteiger partial charge on any atom is 2.00 e. The quantitative estimate of drug-likeness (QED) is 0.0407. The molecule has 0 saturated heterocycles. The number of ether oxygens (including phenoxy) is 1. The fourth-order valence-corrected chi connectivity index (χ4v) is 3.65. The minimum Gasteiger partial charge on any atom is -0.682 e. The van der Waals surface area contributed by atoms with Crippen LogP contribution in [0.15, 0.2) is 37.0 Å². The average Bonchev–Trinajstić information content (AvgIpc) is 3.02. The molecule has 0 bridgehead atoms. The SMILES string of the molecule is C=C(I)/C(=C\[C-]=C(C)O[CH2-])Sc1nc(CN)c(NC=NC)n1CCCNC(C)C.[U+2]. The molecule has 0 aliphatic carbocycles. The predicted octanol–water partition coefficient (Wildman–Crippen LogP) is 4.24. The number of aliphatic imine (C=N–C) groups is 1. The van der Waals surface area contributed by atoms with E-state index < -0.39 is 0 Å². The number of imidazole rings is 1. The molecule has 1 aromatic rings. The first-order chi connectivity index (χ1) is 13.8. The van der Waals surface area contributed by atoms with Gasteiger partial charge in [0.25, 0.3) is 0 Å². The van der Waals surface area contributed by atoms with Crippen LogP contribution in [0.5, 0.6) is 0 Å².